The third-order valence-electron chi connectivity index (χ3n) is 5.43. The van der Waals surface area contributed by atoms with Crippen LogP contribution in [0.1, 0.15) is 41.9 Å². The van der Waals surface area contributed by atoms with Crippen LogP contribution in [-0.4, -0.2) is 38.3 Å². The van der Waals surface area contributed by atoms with E-state index >= 15 is 0 Å². The van der Waals surface area contributed by atoms with E-state index in [0.717, 1.165) is 12.1 Å². The summed E-state index contributed by atoms with van der Waals surface area (Å²) >= 11 is 0. The summed E-state index contributed by atoms with van der Waals surface area (Å²) in [5.74, 6) is -3.81. The Hall–Kier alpha value is -4.09. The molecule has 1 saturated carbocycles. The van der Waals surface area contributed by atoms with Gasteiger partial charge in [-0.1, -0.05) is 5.10 Å². The number of nitrogens with zero attached hydrogens (tertiary/aromatic N) is 3. The van der Waals surface area contributed by atoms with Crippen LogP contribution in [0.4, 0.5) is 26.2 Å². The van der Waals surface area contributed by atoms with Crippen molar-refractivity contribution in [3.05, 3.63) is 53.6 Å². The average Bonchev–Trinajstić information content (AvgIpc) is 3.27. The van der Waals surface area contributed by atoms with Crippen molar-refractivity contribution in [2.75, 3.05) is 10.6 Å². The highest BCUT2D eigenvalue weighted by Gasteiger charge is 2.27. The number of nitrogens with one attached hydrogen (secondary N) is 2. The van der Waals surface area contributed by atoms with Gasteiger partial charge in [0.25, 0.3) is 0 Å². The Balaban J connectivity index is 1.34. The number of carboxylic acid groups (broad SMARTS) is 1. The van der Waals surface area contributed by atoms with Crippen LogP contribution < -0.4 is 15.4 Å². The van der Waals surface area contributed by atoms with E-state index in [9.17, 15) is 18.4 Å². The van der Waals surface area contributed by atoms with Gasteiger partial charge in [0.05, 0.1) is 17.8 Å². The van der Waals surface area contributed by atoms with E-state index < -0.39 is 23.5 Å². The summed E-state index contributed by atoms with van der Waals surface area (Å²) in [6.45, 7) is 1.76. The Morgan fingerprint density at radius 3 is 2.56 bits per heavy atom. The van der Waals surface area contributed by atoms with Crippen molar-refractivity contribution < 1.29 is 32.6 Å². The van der Waals surface area contributed by atoms with Crippen LogP contribution in [0.15, 0.2) is 34.9 Å². The largest absolute Gasteiger partial charge is 0.481 e. The van der Waals surface area contributed by atoms with Crippen LogP contribution >= 0.6 is 0 Å². The predicted octanol–water partition coefficient (Wildman–Crippen LogP) is 4.07. The van der Waals surface area contributed by atoms with Crippen LogP contribution in [0.2, 0.25) is 0 Å². The molecule has 0 bridgehead atoms. The molecule has 12 heteroatoms. The number of hydrogen-bond donors (Lipinski definition) is 3. The third kappa shape index (κ3) is 5.45. The van der Waals surface area contributed by atoms with Gasteiger partial charge in [-0.15, -0.1) is 5.10 Å². The van der Waals surface area contributed by atoms with Crippen molar-refractivity contribution in [2.24, 2.45) is 5.92 Å². The Labute approximate surface area is 192 Å². The van der Waals surface area contributed by atoms with E-state index in [2.05, 4.69) is 25.8 Å². The summed E-state index contributed by atoms with van der Waals surface area (Å²) in [5.41, 5.74) is 1.25. The van der Waals surface area contributed by atoms with Gasteiger partial charge in [0.2, 0.25) is 5.88 Å². The van der Waals surface area contributed by atoms with Crippen LogP contribution in [0.5, 0.6) is 5.88 Å². The second-order valence-electron chi connectivity index (χ2n) is 7.89. The topological polar surface area (TPSA) is 139 Å². The Kier molecular flexibility index (Phi) is 6.66. The number of carboxylic acids is 1. The highest BCUT2D eigenvalue weighted by atomic mass is 19.2. The number of aromatic nitrogens is 3. The van der Waals surface area contributed by atoms with Gasteiger partial charge in [-0.2, -0.15) is 0 Å². The van der Waals surface area contributed by atoms with Crippen LogP contribution in [0.25, 0.3) is 0 Å². The molecule has 34 heavy (non-hydrogen) atoms. The minimum atomic E-state index is -1.05. The molecule has 1 aromatic carbocycles. The molecule has 0 aliphatic heterocycles. The normalized spacial score (nSPS) is 17.7. The highest BCUT2D eigenvalue weighted by molar-refractivity contribution is 6.01. The molecule has 1 amide bonds. The first-order chi connectivity index (χ1) is 16.3. The molecular formula is C22H21F2N5O5. The zero-order chi connectivity index (χ0) is 24.2. The minimum Gasteiger partial charge on any atom is -0.481 e. The fourth-order valence-corrected chi connectivity index (χ4v) is 3.56. The number of rotatable bonds is 7. The van der Waals surface area contributed by atoms with Crippen molar-refractivity contribution in [2.45, 2.75) is 38.7 Å². The van der Waals surface area contributed by atoms with E-state index in [1.807, 2.05) is 0 Å². The number of carbonyl (C=O) groups excluding carboxylic acids is 1. The Bertz CT molecular complexity index is 1210. The third-order valence-corrected chi connectivity index (χ3v) is 5.43. The minimum absolute atomic E-state index is 0.109. The summed E-state index contributed by atoms with van der Waals surface area (Å²) in [6.07, 6.45) is 3.71. The SMILES string of the molecule is Cc1cc(O[C@H]2CC[C@@H](C(=O)O)CC2)ncc1NC(=O)c1nnc(Nc2ccc(F)c(F)c2)o1. The average molecular weight is 473 g/mol. The molecule has 10 nitrogen and oxygen atoms in total. The van der Waals surface area contributed by atoms with Gasteiger partial charge in [0, 0.05) is 17.8 Å². The number of ether oxygens (including phenoxy) is 1. The number of carbonyl (C=O) groups is 2. The lowest BCUT2D eigenvalue weighted by Gasteiger charge is -2.26. The van der Waals surface area contributed by atoms with E-state index in [-0.39, 0.29) is 29.6 Å². The molecule has 3 N–H and O–H groups in total. The van der Waals surface area contributed by atoms with Gasteiger partial charge >= 0.3 is 23.8 Å². The second-order valence-corrected chi connectivity index (χ2v) is 7.89. The quantitative estimate of drug-likeness (QED) is 0.463. The lowest BCUT2D eigenvalue weighted by atomic mass is 9.87. The molecule has 0 radical (unpaired) electrons. The van der Waals surface area contributed by atoms with Gasteiger partial charge in [0.1, 0.15) is 6.10 Å². The van der Waals surface area contributed by atoms with Crippen molar-refractivity contribution in [1.29, 1.82) is 0 Å². The number of aliphatic carboxylic acids is 1. The number of amides is 1. The van der Waals surface area contributed by atoms with Gasteiger partial charge in [-0.25, -0.2) is 13.8 Å². The number of anilines is 3. The number of hydrogen-bond acceptors (Lipinski definition) is 8. The molecule has 2 aromatic heterocycles. The van der Waals surface area contributed by atoms with Crippen LogP contribution in [-0.2, 0) is 4.79 Å². The Morgan fingerprint density at radius 1 is 1.12 bits per heavy atom. The van der Waals surface area contributed by atoms with Gasteiger partial charge in [-0.05, 0) is 50.3 Å². The summed E-state index contributed by atoms with van der Waals surface area (Å²) in [7, 11) is 0. The summed E-state index contributed by atoms with van der Waals surface area (Å²) in [4.78, 5) is 27.7. The fraction of sp³-hybridized carbons (Fsp3) is 0.318. The lowest BCUT2D eigenvalue weighted by Crippen LogP contribution is -2.28. The van der Waals surface area contributed by atoms with Gasteiger partial charge in [0.15, 0.2) is 11.6 Å². The molecule has 1 fully saturated rings. The van der Waals surface area contributed by atoms with Crippen molar-refractivity contribution in [3.8, 4) is 5.88 Å². The number of halogens is 2. The van der Waals surface area contributed by atoms with Crippen molar-refractivity contribution >= 4 is 29.3 Å². The number of pyridine rings is 1. The maximum absolute atomic E-state index is 13.3. The summed E-state index contributed by atoms with van der Waals surface area (Å²) in [6, 6.07) is 4.62. The smallest absolute Gasteiger partial charge is 0.320 e. The van der Waals surface area contributed by atoms with E-state index in [4.69, 9.17) is 14.3 Å². The molecule has 178 valence electrons. The molecule has 4 rings (SSSR count). The number of benzene rings is 1. The molecule has 2 heterocycles. The second kappa shape index (κ2) is 9.81. The molecule has 0 atom stereocenters. The van der Waals surface area contributed by atoms with Gasteiger partial charge < -0.3 is 24.9 Å². The zero-order valence-corrected chi connectivity index (χ0v) is 18.0. The van der Waals surface area contributed by atoms with Gasteiger partial charge in [-0.3, -0.25) is 9.59 Å². The maximum Gasteiger partial charge on any atom is 0.320 e. The van der Waals surface area contributed by atoms with E-state index in [1.165, 1.54) is 12.3 Å². The first kappa shape index (κ1) is 23.1. The maximum atomic E-state index is 13.3. The standard InChI is InChI=1S/C22H21F2N5O5/c1-11-8-18(33-14-5-2-12(3-6-14)21(31)32)25-10-17(11)27-19(30)20-28-29-22(34-20)26-13-4-7-15(23)16(24)9-13/h4,7-10,12,14H,2-3,5-6H2,1H3,(H,26,29)(H,27,30)(H,31,32)/t12-,14+. The van der Waals surface area contributed by atoms with E-state index in [1.54, 1.807) is 13.0 Å². The van der Waals surface area contributed by atoms with Crippen LogP contribution in [0.3, 0.4) is 0 Å². The molecular weight excluding hydrogens is 452 g/mol. The van der Waals surface area contributed by atoms with Crippen molar-refractivity contribution in [3.63, 3.8) is 0 Å². The van der Waals surface area contributed by atoms with Crippen molar-refractivity contribution in [1.82, 2.24) is 15.2 Å². The summed E-state index contributed by atoms with van der Waals surface area (Å²) in [5, 5.41) is 21.6. The van der Waals surface area contributed by atoms with Crippen LogP contribution in [0, 0.1) is 24.5 Å². The molecule has 0 spiro atoms. The lowest BCUT2D eigenvalue weighted by molar-refractivity contribution is -0.143. The predicted molar refractivity (Wildman–Crippen MR) is 115 cm³/mol. The molecule has 0 unspecified atom stereocenters. The molecule has 3 aromatic rings. The first-order valence-electron chi connectivity index (χ1n) is 10.5. The summed E-state index contributed by atoms with van der Waals surface area (Å²) < 4.78 is 37.4. The molecule has 1 aliphatic rings. The first-order valence-corrected chi connectivity index (χ1v) is 10.5. The number of aryl methyl sites for hydroxylation is 1. The monoisotopic (exact) mass is 473 g/mol. The molecule has 1 aliphatic carbocycles. The zero-order valence-electron chi connectivity index (χ0n) is 18.0. The van der Waals surface area contributed by atoms with E-state index in [0.29, 0.717) is 42.8 Å². The fourth-order valence-electron chi connectivity index (χ4n) is 3.56. The molecule has 0 saturated heterocycles. The highest BCUT2D eigenvalue weighted by Crippen LogP contribution is 2.28. The Morgan fingerprint density at radius 2 is 1.88 bits per heavy atom.